The van der Waals surface area contributed by atoms with Crippen molar-refractivity contribution in [3.63, 3.8) is 0 Å². The minimum atomic E-state index is -0.729. The van der Waals surface area contributed by atoms with Crippen molar-refractivity contribution in [3.05, 3.63) is 106 Å². The Bertz CT molecular complexity index is 1950. The molecule has 3 aromatic heterocycles. The Labute approximate surface area is 227 Å². The van der Waals surface area contributed by atoms with Crippen LogP contribution in [0.1, 0.15) is 24.3 Å². The fourth-order valence-corrected chi connectivity index (χ4v) is 4.99. The monoisotopic (exact) mass is 538 g/mol. The fraction of sp³-hybridized carbons (Fsp3) is 0.133. The smallest absolute Gasteiger partial charge is 0.203 e. The highest BCUT2D eigenvalue weighted by Crippen LogP contribution is 2.36. The van der Waals surface area contributed by atoms with Gasteiger partial charge in [0.15, 0.2) is 5.65 Å². The number of nitrogens with one attached hydrogen (secondary N) is 1. The van der Waals surface area contributed by atoms with Crippen LogP contribution in [-0.2, 0) is 6.54 Å². The summed E-state index contributed by atoms with van der Waals surface area (Å²) in [5, 5.41) is 8.31. The Morgan fingerprint density at radius 3 is 2.52 bits per heavy atom. The minimum Gasteiger partial charge on any atom is -0.458 e. The molecule has 0 aliphatic heterocycles. The number of aromatic nitrogens is 4. The van der Waals surface area contributed by atoms with Crippen LogP contribution >= 0.6 is 0 Å². The number of nitrogens with zero attached hydrogens (tertiary/aromatic N) is 4. The van der Waals surface area contributed by atoms with E-state index in [1.165, 1.54) is 42.7 Å². The molecule has 200 valence electrons. The second-order valence-corrected chi connectivity index (χ2v) is 9.45. The maximum Gasteiger partial charge on any atom is 0.203 e. The van der Waals surface area contributed by atoms with Crippen LogP contribution in [0, 0.1) is 11.6 Å². The molecule has 0 radical (unpaired) electrons. The Balaban J connectivity index is 1.61. The van der Waals surface area contributed by atoms with Crippen molar-refractivity contribution in [2.45, 2.75) is 19.5 Å². The van der Waals surface area contributed by atoms with Gasteiger partial charge < -0.3 is 15.5 Å². The molecular formula is C30H24F2N6O2. The van der Waals surface area contributed by atoms with E-state index in [2.05, 4.69) is 15.3 Å². The molecule has 0 saturated heterocycles. The van der Waals surface area contributed by atoms with Gasteiger partial charge in [-0.15, -0.1) is 0 Å². The fourth-order valence-electron chi connectivity index (χ4n) is 4.99. The predicted octanol–water partition coefficient (Wildman–Crippen LogP) is 5.46. The van der Waals surface area contributed by atoms with Gasteiger partial charge in [0.25, 0.3) is 0 Å². The van der Waals surface area contributed by atoms with E-state index in [0.717, 1.165) is 11.1 Å². The van der Waals surface area contributed by atoms with Crippen LogP contribution in [0.25, 0.3) is 44.4 Å². The molecule has 10 heteroatoms. The van der Waals surface area contributed by atoms with E-state index in [0.29, 0.717) is 23.3 Å². The van der Waals surface area contributed by atoms with Crippen molar-refractivity contribution >= 4 is 27.8 Å². The summed E-state index contributed by atoms with van der Waals surface area (Å²) in [5.74, 6) is -0.855. The van der Waals surface area contributed by atoms with E-state index in [1.807, 2.05) is 31.3 Å². The number of benzene rings is 3. The summed E-state index contributed by atoms with van der Waals surface area (Å²) < 4.78 is 36.9. The van der Waals surface area contributed by atoms with E-state index in [-0.39, 0.29) is 33.7 Å². The van der Waals surface area contributed by atoms with Gasteiger partial charge >= 0.3 is 0 Å². The molecule has 1 unspecified atom stereocenters. The molecule has 3 N–H and O–H groups in total. The highest BCUT2D eigenvalue weighted by atomic mass is 19.1. The molecular weight excluding hydrogens is 514 g/mol. The average Bonchev–Trinajstić information content (AvgIpc) is 3.34. The topological polar surface area (TPSA) is 112 Å². The van der Waals surface area contributed by atoms with Crippen LogP contribution in [-0.4, -0.2) is 26.8 Å². The first-order chi connectivity index (χ1) is 19.4. The third kappa shape index (κ3) is 4.18. The average molecular weight is 539 g/mol. The van der Waals surface area contributed by atoms with Crippen LogP contribution in [0.15, 0.2) is 82.3 Å². The zero-order chi connectivity index (χ0) is 28.0. The van der Waals surface area contributed by atoms with Gasteiger partial charge in [-0.2, -0.15) is 5.10 Å². The number of nitrogens with two attached hydrogens (primary N) is 1. The summed E-state index contributed by atoms with van der Waals surface area (Å²) >= 11 is 0. The van der Waals surface area contributed by atoms with Gasteiger partial charge in [-0.1, -0.05) is 42.5 Å². The van der Waals surface area contributed by atoms with Gasteiger partial charge in [-0.3, -0.25) is 4.79 Å². The maximum atomic E-state index is 14.8. The van der Waals surface area contributed by atoms with E-state index in [4.69, 9.17) is 15.2 Å². The maximum absolute atomic E-state index is 14.8. The van der Waals surface area contributed by atoms with Gasteiger partial charge in [0.2, 0.25) is 5.43 Å². The van der Waals surface area contributed by atoms with Crippen LogP contribution in [0.2, 0.25) is 0 Å². The number of hydrogen-bond acceptors (Lipinski definition) is 7. The number of halogens is 2. The summed E-state index contributed by atoms with van der Waals surface area (Å²) in [6.45, 7) is 2.49. The summed E-state index contributed by atoms with van der Waals surface area (Å²) in [4.78, 5) is 22.4. The van der Waals surface area contributed by atoms with Crippen molar-refractivity contribution in [3.8, 4) is 22.4 Å². The zero-order valence-corrected chi connectivity index (χ0v) is 21.7. The molecule has 8 nitrogen and oxygen atoms in total. The number of hydrogen-bond donors (Lipinski definition) is 2. The SMILES string of the molecule is CNCc1ccc(-c2nn(C(C)c3oc4cccc(F)c4c(=O)c3-c3cccc(F)c3)c3ncnc(N)c23)cc1. The largest absolute Gasteiger partial charge is 0.458 e. The zero-order valence-electron chi connectivity index (χ0n) is 21.7. The Hall–Kier alpha value is -4.96. The highest BCUT2D eigenvalue weighted by molar-refractivity contribution is 5.98. The third-order valence-electron chi connectivity index (χ3n) is 6.88. The number of anilines is 1. The van der Waals surface area contributed by atoms with Crippen molar-refractivity contribution in [2.24, 2.45) is 0 Å². The van der Waals surface area contributed by atoms with E-state index < -0.39 is 23.1 Å². The molecule has 0 saturated carbocycles. The van der Waals surface area contributed by atoms with Gasteiger partial charge in [-0.25, -0.2) is 23.4 Å². The lowest BCUT2D eigenvalue weighted by Gasteiger charge is -2.17. The second kappa shape index (κ2) is 9.97. The van der Waals surface area contributed by atoms with E-state index >= 15 is 0 Å². The number of fused-ring (bicyclic) bond motifs is 2. The summed E-state index contributed by atoms with van der Waals surface area (Å²) in [5.41, 5.74) is 8.91. The molecule has 0 amide bonds. The molecule has 3 heterocycles. The van der Waals surface area contributed by atoms with Gasteiger partial charge in [-0.05, 0) is 49.4 Å². The lowest BCUT2D eigenvalue weighted by atomic mass is 9.99. The first kappa shape index (κ1) is 25.3. The quantitative estimate of drug-likeness (QED) is 0.290. The molecule has 6 rings (SSSR count). The summed E-state index contributed by atoms with van der Waals surface area (Å²) in [7, 11) is 1.88. The van der Waals surface area contributed by atoms with Crippen molar-refractivity contribution in [1.29, 1.82) is 0 Å². The second-order valence-electron chi connectivity index (χ2n) is 9.45. The number of rotatable bonds is 6. The molecule has 1 atom stereocenters. The molecule has 0 spiro atoms. The van der Waals surface area contributed by atoms with Gasteiger partial charge in [0, 0.05) is 12.1 Å². The number of nitrogen functional groups attached to an aromatic ring is 1. The molecule has 0 aliphatic rings. The summed E-state index contributed by atoms with van der Waals surface area (Å²) in [6, 6.07) is 16.8. The predicted molar refractivity (Wildman–Crippen MR) is 150 cm³/mol. The summed E-state index contributed by atoms with van der Waals surface area (Å²) in [6.07, 6.45) is 1.34. The van der Waals surface area contributed by atoms with Crippen LogP contribution in [0.4, 0.5) is 14.6 Å². The van der Waals surface area contributed by atoms with Crippen molar-refractivity contribution in [2.75, 3.05) is 12.8 Å². The van der Waals surface area contributed by atoms with E-state index in [1.54, 1.807) is 17.7 Å². The highest BCUT2D eigenvalue weighted by Gasteiger charge is 2.27. The Morgan fingerprint density at radius 2 is 1.77 bits per heavy atom. The van der Waals surface area contributed by atoms with Gasteiger partial charge in [0.1, 0.15) is 52.2 Å². The van der Waals surface area contributed by atoms with Gasteiger partial charge in [0.05, 0.1) is 10.9 Å². The molecule has 3 aromatic carbocycles. The van der Waals surface area contributed by atoms with Crippen molar-refractivity contribution in [1.82, 2.24) is 25.1 Å². The Morgan fingerprint density at radius 1 is 1.00 bits per heavy atom. The minimum absolute atomic E-state index is 0.0354. The van der Waals surface area contributed by atoms with Crippen LogP contribution in [0.5, 0.6) is 0 Å². The lowest BCUT2D eigenvalue weighted by Crippen LogP contribution is -2.17. The molecule has 40 heavy (non-hydrogen) atoms. The normalized spacial score (nSPS) is 12.3. The van der Waals surface area contributed by atoms with Crippen LogP contribution < -0.4 is 16.5 Å². The third-order valence-corrected chi connectivity index (χ3v) is 6.88. The van der Waals surface area contributed by atoms with E-state index in [9.17, 15) is 13.6 Å². The first-order valence-corrected chi connectivity index (χ1v) is 12.6. The molecule has 0 fully saturated rings. The van der Waals surface area contributed by atoms with Crippen LogP contribution in [0.3, 0.4) is 0 Å². The van der Waals surface area contributed by atoms with Crippen molar-refractivity contribution < 1.29 is 13.2 Å². The Kier molecular flexibility index (Phi) is 6.31. The molecule has 0 aliphatic carbocycles. The first-order valence-electron chi connectivity index (χ1n) is 12.6. The molecule has 0 bridgehead atoms. The lowest BCUT2D eigenvalue weighted by molar-refractivity contribution is 0.445. The molecule has 6 aromatic rings. The standard InChI is InChI=1S/C30H24F2N6O2/c1-16(28-23(19-5-3-6-20(31)13-19)27(39)24-21(32)7-4-8-22(24)40-28)38-30-25(29(33)35-15-36-30)26(37-38)18-11-9-17(10-12-18)14-34-2/h3-13,15-16,34H,14H2,1-2H3,(H2,33,35,36).